The SMILES string of the molecule is CCOc1nc(C)nnc1-c1ccc(Cl)cc1. The van der Waals surface area contributed by atoms with Gasteiger partial charge in [-0.1, -0.05) is 23.7 Å². The van der Waals surface area contributed by atoms with E-state index in [2.05, 4.69) is 15.2 Å². The molecular weight excluding hydrogens is 238 g/mol. The molecule has 0 unspecified atom stereocenters. The fraction of sp³-hybridized carbons (Fsp3) is 0.250. The molecule has 0 saturated carbocycles. The van der Waals surface area contributed by atoms with Crippen LogP contribution < -0.4 is 4.74 Å². The zero-order valence-electron chi connectivity index (χ0n) is 9.64. The quantitative estimate of drug-likeness (QED) is 0.839. The van der Waals surface area contributed by atoms with Crippen LogP contribution in [0.25, 0.3) is 11.3 Å². The second-order valence-electron chi connectivity index (χ2n) is 3.45. The summed E-state index contributed by atoms with van der Waals surface area (Å²) in [7, 11) is 0. The van der Waals surface area contributed by atoms with E-state index in [1.54, 1.807) is 19.1 Å². The first kappa shape index (κ1) is 11.8. The fourth-order valence-electron chi connectivity index (χ4n) is 1.41. The molecule has 2 rings (SSSR count). The Morgan fingerprint density at radius 3 is 2.53 bits per heavy atom. The molecule has 0 fully saturated rings. The molecule has 0 spiro atoms. The van der Waals surface area contributed by atoms with Crippen LogP contribution in [-0.2, 0) is 0 Å². The highest BCUT2D eigenvalue weighted by atomic mass is 35.5. The lowest BCUT2D eigenvalue weighted by molar-refractivity contribution is 0.324. The van der Waals surface area contributed by atoms with E-state index in [1.807, 2.05) is 19.1 Å². The van der Waals surface area contributed by atoms with Crippen molar-refractivity contribution >= 4 is 11.6 Å². The summed E-state index contributed by atoms with van der Waals surface area (Å²) in [5, 5.41) is 8.74. The van der Waals surface area contributed by atoms with Crippen molar-refractivity contribution in [3.8, 4) is 17.1 Å². The molecule has 0 atom stereocenters. The van der Waals surface area contributed by atoms with E-state index < -0.39 is 0 Å². The van der Waals surface area contributed by atoms with Gasteiger partial charge in [0.2, 0.25) is 5.88 Å². The first-order chi connectivity index (χ1) is 8.20. The van der Waals surface area contributed by atoms with Crippen LogP contribution in [0.1, 0.15) is 12.7 Å². The number of hydrogen-bond acceptors (Lipinski definition) is 4. The van der Waals surface area contributed by atoms with Gasteiger partial charge in [0, 0.05) is 10.6 Å². The maximum absolute atomic E-state index is 5.84. The van der Waals surface area contributed by atoms with E-state index >= 15 is 0 Å². The zero-order valence-corrected chi connectivity index (χ0v) is 10.4. The minimum absolute atomic E-state index is 0.502. The van der Waals surface area contributed by atoms with E-state index in [0.29, 0.717) is 29.0 Å². The number of hydrogen-bond donors (Lipinski definition) is 0. The van der Waals surface area contributed by atoms with Gasteiger partial charge in [0.1, 0.15) is 0 Å². The molecule has 0 radical (unpaired) electrons. The highest BCUT2D eigenvalue weighted by molar-refractivity contribution is 6.30. The van der Waals surface area contributed by atoms with Crippen LogP contribution in [0.3, 0.4) is 0 Å². The normalized spacial score (nSPS) is 10.3. The summed E-state index contributed by atoms with van der Waals surface area (Å²) in [5.41, 5.74) is 1.52. The summed E-state index contributed by atoms with van der Waals surface area (Å²) in [6, 6.07) is 7.33. The van der Waals surface area contributed by atoms with Gasteiger partial charge in [-0.15, -0.1) is 10.2 Å². The molecule has 1 heterocycles. The van der Waals surface area contributed by atoms with Gasteiger partial charge in [0.25, 0.3) is 0 Å². The Bertz CT molecular complexity index is 514. The van der Waals surface area contributed by atoms with Crippen molar-refractivity contribution in [1.82, 2.24) is 15.2 Å². The summed E-state index contributed by atoms with van der Waals surface area (Å²) < 4.78 is 5.46. The largest absolute Gasteiger partial charge is 0.476 e. The van der Waals surface area contributed by atoms with E-state index in [4.69, 9.17) is 16.3 Å². The molecule has 88 valence electrons. The summed E-state index contributed by atoms with van der Waals surface area (Å²) in [6.45, 7) is 4.23. The summed E-state index contributed by atoms with van der Waals surface area (Å²) in [5.74, 6) is 1.09. The number of halogens is 1. The Morgan fingerprint density at radius 2 is 1.88 bits per heavy atom. The van der Waals surface area contributed by atoms with Gasteiger partial charge < -0.3 is 4.74 Å². The van der Waals surface area contributed by atoms with Crippen LogP contribution in [0.15, 0.2) is 24.3 Å². The highest BCUT2D eigenvalue weighted by Crippen LogP contribution is 2.26. The van der Waals surface area contributed by atoms with Crippen molar-refractivity contribution in [1.29, 1.82) is 0 Å². The Hall–Kier alpha value is -1.68. The van der Waals surface area contributed by atoms with Crippen LogP contribution in [0.5, 0.6) is 5.88 Å². The number of aryl methyl sites for hydroxylation is 1. The summed E-state index contributed by atoms with van der Waals surface area (Å²) in [6.07, 6.45) is 0. The van der Waals surface area contributed by atoms with Crippen molar-refractivity contribution in [2.45, 2.75) is 13.8 Å². The third-order valence-corrected chi connectivity index (χ3v) is 2.41. The van der Waals surface area contributed by atoms with Gasteiger partial charge in [-0.05, 0) is 26.0 Å². The van der Waals surface area contributed by atoms with Gasteiger partial charge >= 0.3 is 0 Å². The van der Waals surface area contributed by atoms with Gasteiger partial charge in [-0.3, -0.25) is 0 Å². The molecule has 5 heteroatoms. The second kappa shape index (κ2) is 5.10. The lowest BCUT2D eigenvalue weighted by Gasteiger charge is -2.07. The number of rotatable bonds is 3. The molecule has 0 saturated heterocycles. The van der Waals surface area contributed by atoms with Crippen LogP contribution >= 0.6 is 11.6 Å². The van der Waals surface area contributed by atoms with Gasteiger partial charge in [-0.25, -0.2) is 0 Å². The average molecular weight is 250 g/mol. The molecule has 0 aliphatic heterocycles. The molecule has 0 aliphatic carbocycles. The topological polar surface area (TPSA) is 47.9 Å². The fourth-order valence-corrected chi connectivity index (χ4v) is 1.54. The van der Waals surface area contributed by atoms with Crippen LogP contribution in [-0.4, -0.2) is 21.8 Å². The molecule has 0 bridgehead atoms. The summed E-state index contributed by atoms with van der Waals surface area (Å²) in [4.78, 5) is 4.23. The predicted octanol–water partition coefficient (Wildman–Crippen LogP) is 2.90. The zero-order chi connectivity index (χ0) is 12.3. The average Bonchev–Trinajstić information content (AvgIpc) is 2.31. The Labute approximate surface area is 105 Å². The van der Waals surface area contributed by atoms with E-state index in [-0.39, 0.29) is 0 Å². The van der Waals surface area contributed by atoms with Crippen molar-refractivity contribution < 1.29 is 4.74 Å². The second-order valence-corrected chi connectivity index (χ2v) is 3.89. The maximum atomic E-state index is 5.84. The minimum Gasteiger partial charge on any atom is -0.476 e. The number of ether oxygens (including phenoxy) is 1. The van der Waals surface area contributed by atoms with Gasteiger partial charge in [0.05, 0.1) is 6.61 Å². The predicted molar refractivity (Wildman–Crippen MR) is 66.2 cm³/mol. The first-order valence-corrected chi connectivity index (χ1v) is 5.68. The number of nitrogens with zero attached hydrogens (tertiary/aromatic N) is 3. The first-order valence-electron chi connectivity index (χ1n) is 5.30. The van der Waals surface area contributed by atoms with Crippen molar-refractivity contribution in [2.75, 3.05) is 6.61 Å². The molecular formula is C12H12ClN3O. The number of aromatic nitrogens is 3. The molecule has 0 amide bonds. The molecule has 0 aliphatic rings. The Balaban J connectivity index is 2.46. The van der Waals surface area contributed by atoms with Gasteiger partial charge in [-0.2, -0.15) is 4.98 Å². The van der Waals surface area contributed by atoms with Crippen LogP contribution in [0.4, 0.5) is 0 Å². The molecule has 17 heavy (non-hydrogen) atoms. The molecule has 1 aromatic heterocycles. The van der Waals surface area contributed by atoms with E-state index in [0.717, 1.165) is 5.56 Å². The van der Waals surface area contributed by atoms with Gasteiger partial charge in [0.15, 0.2) is 11.5 Å². The highest BCUT2D eigenvalue weighted by Gasteiger charge is 2.10. The molecule has 2 aromatic rings. The molecule has 0 N–H and O–H groups in total. The third kappa shape index (κ3) is 2.71. The molecule has 1 aromatic carbocycles. The van der Waals surface area contributed by atoms with E-state index in [1.165, 1.54) is 0 Å². The van der Waals surface area contributed by atoms with E-state index in [9.17, 15) is 0 Å². The van der Waals surface area contributed by atoms with Crippen LogP contribution in [0.2, 0.25) is 5.02 Å². The standard InChI is InChI=1S/C12H12ClN3O/c1-3-17-12-11(16-15-8(2)14-12)9-4-6-10(13)7-5-9/h4-7H,3H2,1-2H3. The smallest absolute Gasteiger partial charge is 0.244 e. The Morgan fingerprint density at radius 1 is 1.18 bits per heavy atom. The number of benzene rings is 1. The Kier molecular flexibility index (Phi) is 3.54. The maximum Gasteiger partial charge on any atom is 0.244 e. The third-order valence-electron chi connectivity index (χ3n) is 2.16. The van der Waals surface area contributed by atoms with Crippen LogP contribution in [0, 0.1) is 6.92 Å². The van der Waals surface area contributed by atoms with Crippen molar-refractivity contribution in [3.63, 3.8) is 0 Å². The van der Waals surface area contributed by atoms with Crippen molar-refractivity contribution in [2.24, 2.45) is 0 Å². The lowest BCUT2D eigenvalue weighted by Crippen LogP contribution is -2.02. The monoisotopic (exact) mass is 249 g/mol. The molecule has 4 nitrogen and oxygen atoms in total. The lowest BCUT2D eigenvalue weighted by atomic mass is 10.1. The summed E-state index contributed by atoms with van der Waals surface area (Å²) >= 11 is 5.84. The minimum atomic E-state index is 0.502. The van der Waals surface area contributed by atoms with Crippen molar-refractivity contribution in [3.05, 3.63) is 35.1 Å².